The van der Waals surface area contributed by atoms with Gasteiger partial charge in [0.2, 0.25) is 0 Å². The summed E-state index contributed by atoms with van der Waals surface area (Å²) in [5, 5.41) is 0. The fraction of sp³-hybridized carbons (Fsp3) is 0.727. The molecule has 0 unspecified atom stereocenters. The quantitative estimate of drug-likeness (QED) is 0.569. The molecule has 1 heteroatoms. The first-order chi connectivity index (χ1) is 5.75. The summed E-state index contributed by atoms with van der Waals surface area (Å²) in [6.45, 7) is 3.75. The van der Waals surface area contributed by atoms with Crippen LogP contribution in [0.3, 0.4) is 0 Å². The summed E-state index contributed by atoms with van der Waals surface area (Å²) in [6.07, 6.45) is 6.83. The van der Waals surface area contributed by atoms with Crippen LogP contribution in [0.4, 0.5) is 0 Å². The molecule has 12 heavy (non-hydrogen) atoms. The van der Waals surface area contributed by atoms with Crippen molar-refractivity contribution in [3.8, 4) is 0 Å². The average Bonchev–Trinajstić information content (AvgIpc) is 2.07. The molecule has 0 spiro atoms. The van der Waals surface area contributed by atoms with Gasteiger partial charge in [0, 0.05) is 20.0 Å². The van der Waals surface area contributed by atoms with Crippen molar-refractivity contribution in [2.45, 2.75) is 32.1 Å². The lowest BCUT2D eigenvalue weighted by Gasteiger charge is -2.27. The van der Waals surface area contributed by atoms with E-state index < -0.39 is 0 Å². The van der Waals surface area contributed by atoms with E-state index in [9.17, 15) is 0 Å². The molecular weight excluding hydrogens is 146 g/mol. The third kappa shape index (κ3) is 2.15. The zero-order valence-corrected chi connectivity index (χ0v) is 8.27. The van der Waals surface area contributed by atoms with E-state index in [-0.39, 0.29) is 0 Å². The highest BCUT2D eigenvalue weighted by Crippen LogP contribution is 2.29. The van der Waals surface area contributed by atoms with E-state index in [0.717, 1.165) is 5.92 Å². The summed E-state index contributed by atoms with van der Waals surface area (Å²) in [7, 11) is 4.17. The summed E-state index contributed by atoms with van der Waals surface area (Å²) >= 11 is 0. The summed E-state index contributed by atoms with van der Waals surface area (Å²) < 4.78 is 0. The van der Waals surface area contributed by atoms with Gasteiger partial charge in [-0.25, -0.2) is 0 Å². The largest absolute Gasteiger partial charge is 0.375 e. The molecule has 0 heterocycles. The molecule has 0 atom stereocenters. The van der Waals surface area contributed by atoms with E-state index in [2.05, 4.69) is 31.3 Å². The smallest absolute Gasteiger partial charge is 0.0584 e. The second-order valence-corrected chi connectivity index (χ2v) is 3.79. The normalized spacial score (nSPS) is 18.5. The van der Waals surface area contributed by atoms with Gasteiger partial charge in [-0.2, -0.15) is 0 Å². The maximum Gasteiger partial charge on any atom is 0.0584 e. The standard InChI is InChI=1S/C11H19N/c1-4-11(12(2)3)10-8-6-5-7-9-10/h10H,1,5-9H2,2-3H3. The molecule has 1 saturated carbocycles. The highest BCUT2D eigenvalue weighted by Gasteiger charge is 2.18. The van der Waals surface area contributed by atoms with Crippen molar-refractivity contribution in [3.63, 3.8) is 0 Å². The first kappa shape index (κ1) is 9.41. The van der Waals surface area contributed by atoms with Crippen LogP contribution in [-0.4, -0.2) is 19.0 Å². The van der Waals surface area contributed by atoms with Gasteiger partial charge in [0.25, 0.3) is 0 Å². The zero-order valence-electron chi connectivity index (χ0n) is 8.27. The Balaban J connectivity index is 2.59. The lowest BCUT2D eigenvalue weighted by Crippen LogP contribution is -2.20. The first-order valence-electron chi connectivity index (χ1n) is 4.83. The van der Waals surface area contributed by atoms with Gasteiger partial charge in [-0.3, -0.25) is 0 Å². The summed E-state index contributed by atoms with van der Waals surface area (Å²) in [5.41, 5.74) is 4.36. The number of allylic oxidation sites excluding steroid dienone is 1. The minimum absolute atomic E-state index is 0.728. The molecule has 1 rings (SSSR count). The van der Waals surface area contributed by atoms with Gasteiger partial charge in [-0.1, -0.05) is 25.8 Å². The Morgan fingerprint density at radius 2 is 1.83 bits per heavy atom. The SMILES string of the molecule is C=C=C(C1CCCCC1)N(C)C. The van der Waals surface area contributed by atoms with Gasteiger partial charge >= 0.3 is 0 Å². The first-order valence-corrected chi connectivity index (χ1v) is 4.83. The molecule has 0 aromatic rings. The Hall–Kier alpha value is -0.680. The Kier molecular flexibility index (Phi) is 3.43. The Bertz CT molecular complexity index is 181. The summed E-state index contributed by atoms with van der Waals surface area (Å²) in [4.78, 5) is 2.16. The third-order valence-corrected chi connectivity index (χ3v) is 2.65. The highest BCUT2D eigenvalue weighted by atomic mass is 15.1. The molecule has 0 bridgehead atoms. The van der Waals surface area contributed by atoms with Crippen LogP contribution in [0.25, 0.3) is 0 Å². The fourth-order valence-corrected chi connectivity index (χ4v) is 2.04. The monoisotopic (exact) mass is 165 g/mol. The topological polar surface area (TPSA) is 3.24 Å². The molecule has 1 fully saturated rings. The van der Waals surface area contributed by atoms with Crippen molar-refractivity contribution in [2.75, 3.05) is 14.1 Å². The van der Waals surface area contributed by atoms with Crippen LogP contribution in [0.2, 0.25) is 0 Å². The summed E-state index contributed by atoms with van der Waals surface area (Å²) in [6, 6.07) is 0. The lowest BCUT2D eigenvalue weighted by molar-refractivity contribution is 0.332. The van der Waals surface area contributed by atoms with Crippen LogP contribution in [0.5, 0.6) is 0 Å². The van der Waals surface area contributed by atoms with Crippen LogP contribution in [-0.2, 0) is 0 Å². The highest BCUT2D eigenvalue weighted by molar-refractivity contribution is 5.02. The Morgan fingerprint density at radius 1 is 1.25 bits per heavy atom. The van der Waals surface area contributed by atoms with Crippen LogP contribution in [0.1, 0.15) is 32.1 Å². The average molecular weight is 165 g/mol. The fourth-order valence-electron chi connectivity index (χ4n) is 2.04. The van der Waals surface area contributed by atoms with Crippen molar-refractivity contribution in [2.24, 2.45) is 5.92 Å². The van der Waals surface area contributed by atoms with E-state index in [1.807, 2.05) is 0 Å². The maximum atomic E-state index is 3.75. The van der Waals surface area contributed by atoms with Crippen molar-refractivity contribution < 1.29 is 0 Å². The molecule has 1 aliphatic rings. The van der Waals surface area contributed by atoms with Gasteiger partial charge in [0.1, 0.15) is 0 Å². The molecule has 68 valence electrons. The van der Waals surface area contributed by atoms with Crippen molar-refractivity contribution in [3.05, 3.63) is 18.0 Å². The minimum atomic E-state index is 0.728. The van der Waals surface area contributed by atoms with Gasteiger partial charge in [-0.05, 0) is 12.8 Å². The van der Waals surface area contributed by atoms with E-state index in [0.29, 0.717) is 0 Å². The second-order valence-electron chi connectivity index (χ2n) is 3.79. The van der Waals surface area contributed by atoms with E-state index in [1.165, 1.54) is 37.8 Å². The molecule has 0 aliphatic heterocycles. The molecule has 0 saturated heterocycles. The predicted octanol–water partition coefficient (Wildman–Crippen LogP) is 2.80. The molecule has 1 nitrogen and oxygen atoms in total. The number of rotatable bonds is 2. The van der Waals surface area contributed by atoms with Gasteiger partial charge in [0.05, 0.1) is 5.70 Å². The molecule has 0 amide bonds. The molecular formula is C11H19N. The van der Waals surface area contributed by atoms with Crippen LogP contribution in [0.15, 0.2) is 18.0 Å². The van der Waals surface area contributed by atoms with Gasteiger partial charge < -0.3 is 4.90 Å². The number of hydrogen-bond acceptors (Lipinski definition) is 1. The van der Waals surface area contributed by atoms with E-state index in [4.69, 9.17) is 0 Å². The lowest BCUT2D eigenvalue weighted by atomic mass is 9.87. The van der Waals surface area contributed by atoms with Crippen molar-refractivity contribution >= 4 is 0 Å². The Labute approximate surface area is 75.8 Å². The van der Waals surface area contributed by atoms with Crippen molar-refractivity contribution in [1.29, 1.82) is 0 Å². The van der Waals surface area contributed by atoms with Crippen LogP contribution >= 0.6 is 0 Å². The Morgan fingerprint density at radius 3 is 2.25 bits per heavy atom. The molecule has 1 aliphatic carbocycles. The summed E-state index contributed by atoms with van der Waals surface area (Å²) in [5.74, 6) is 0.728. The number of nitrogens with zero attached hydrogens (tertiary/aromatic N) is 1. The maximum absolute atomic E-state index is 3.75. The third-order valence-electron chi connectivity index (χ3n) is 2.65. The predicted molar refractivity (Wildman–Crippen MR) is 52.9 cm³/mol. The molecule has 0 aromatic carbocycles. The minimum Gasteiger partial charge on any atom is -0.375 e. The van der Waals surface area contributed by atoms with E-state index >= 15 is 0 Å². The van der Waals surface area contributed by atoms with E-state index in [1.54, 1.807) is 0 Å². The molecule has 0 N–H and O–H groups in total. The zero-order chi connectivity index (χ0) is 8.97. The molecule has 0 aromatic heterocycles. The van der Waals surface area contributed by atoms with Gasteiger partial charge in [0.15, 0.2) is 0 Å². The molecule has 0 radical (unpaired) electrons. The van der Waals surface area contributed by atoms with Crippen LogP contribution in [0, 0.1) is 5.92 Å². The van der Waals surface area contributed by atoms with Crippen molar-refractivity contribution in [1.82, 2.24) is 4.90 Å². The van der Waals surface area contributed by atoms with Gasteiger partial charge in [-0.15, -0.1) is 5.73 Å². The number of hydrogen-bond donors (Lipinski definition) is 0. The second kappa shape index (κ2) is 4.37. The van der Waals surface area contributed by atoms with Crippen LogP contribution < -0.4 is 0 Å².